The number of piperidine rings is 1. The number of nitrogens with zero attached hydrogens (tertiary/aromatic N) is 4. The van der Waals surface area contributed by atoms with Gasteiger partial charge < -0.3 is 4.57 Å². The molecule has 4 rings (SSSR count). The molecular weight excluding hydrogens is 339 g/mol. The van der Waals surface area contributed by atoms with Gasteiger partial charge in [0, 0.05) is 42.7 Å². The zero-order chi connectivity index (χ0) is 18.6. The van der Waals surface area contributed by atoms with Crippen LogP contribution in [0.1, 0.15) is 37.2 Å². The molecule has 0 saturated carbocycles. The van der Waals surface area contributed by atoms with Crippen molar-refractivity contribution >= 4 is 0 Å². The number of halogens is 1. The van der Waals surface area contributed by atoms with Gasteiger partial charge in [0.15, 0.2) is 0 Å². The normalized spacial score (nSPS) is 17.9. The Hall–Kier alpha value is -2.53. The van der Waals surface area contributed by atoms with Crippen LogP contribution in [0, 0.1) is 5.82 Å². The van der Waals surface area contributed by atoms with Crippen molar-refractivity contribution in [2.24, 2.45) is 0 Å². The van der Waals surface area contributed by atoms with Gasteiger partial charge in [-0.25, -0.2) is 9.37 Å². The summed E-state index contributed by atoms with van der Waals surface area (Å²) in [6.07, 6.45) is 6.25. The molecule has 0 amide bonds. The minimum Gasteiger partial charge on any atom is -0.334 e. The molecule has 4 nitrogen and oxygen atoms in total. The first-order valence-corrected chi connectivity index (χ1v) is 9.68. The Labute approximate surface area is 159 Å². The second-order valence-corrected chi connectivity index (χ2v) is 7.16. The van der Waals surface area contributed by atoms with E-state index in [1.807, 2.05) is 18.5 Å². The van der Waals surface area contributed by atoms with Crippen molar-refractivity contribution in [2.75, 3.05) is 13.1 Å². The number of aromatic nitrogens is 3. The molecule has 1 aromatic carbocycles. The molecule has 1 aliphatic rings. The molecule has 5 heteroatoms. The molecule has 1 atom stereocenters. The van der Waals surface area contributed by atoms with Crippen LogP contribution < -0.4 is 0 Å². The maximum atomic E-state index is 13.2. The molecule has 140 valence electrons. The Morgan fingerprint density at radius 1 is 1.15 bits per heavy atom. The predicted octanol–water partition coefficient (Wildman–Crippen LogP) is 4.48. The molecule has 0 spiro atoms. The summed E-state index contributed by atoms with van der Waals surface area (Å²) < 4.78 is 15.4. The van der Waals surface area contributed by atoms with Gasteiger partial charge in [-0.3, -0.25) is 9.88 Å². The second kappa shape index (κ2) is 8.01. The van der Waals surface area contributed by atoms with Gasteiger partial charge in [0.25, 0.3) is 0 Å². The highest BCUT2D eigenvalue weighted by Gasteiger charge is 2.23. The van der Waals surface area contributed by atoms with Crippen molar-refractivity contribution in [2.45, 2.75) is 38.8 Å². The highest BCUT2D eigenvalue weighted by Crippen LogP contribution is 2.28. The first-order valence-electron chi connectivity index (χ1n) is 9.68. The maximum Gasteiger partial charge on any atom is 0.123 e. The lowest BCUT2D eigenvalue weighted by Gasteiger charge is -2.32. The van der Waals surface area contributed by atoms with Gasteiger partial charge in [-0.05, 0) is 62.7 Å². The van der Waals surface area contributed by atoms with Gasteiger partial charge in [-0.15, -0.1) is 0 Å². The monoisotopic (exact) mass is 364 g/mol. The first kappa shape index (κ1) is 17.9. The van der Waals surface area contributed by atoms with Crippen LogP contribution in [0.4, 0.5) is 4.39 Å². The maximum absolute atomic E-state index is 13.2. The highest BCUT2D eigenvalue weighted by atomic mass is 19.1. The Bertz CT molecular complexity index is 887. The summed E-state index contributed by atoms with van der Waals surface area (Å²) in [6, 6.07) is 12.7. The lowest BCUT2D eigenvalue weighted by atomic mass is 9.94. The largest absolute Gasteiger partial charge is 0.334 e. The summed E-state index contributed by atoms with van der Waals surface area (Å²) in [5, 5.41) is 0. The van der Waals surface area contributed by atoms with E-state index in [1.54, 1.807) is 12.1 Å². The van der Waals surface area contributed by atoms with Gasteiger partial charge in [0.2, 0.25) is 0 Å². The first-order chi connectivity index (χ1) is 13.2. The number of pyridine rings is 1. The van der Waals surface area contributed by atoms with Crippen LogP contribution in [0.3, 0.4) is 0 Å². The van der Waals surface area contributed by atoms with E-state index in [-0.39, 0.29) is 5.82 Å². The number of aryl methyl sites for hydroxylation is 1. The lowest BCUT2D eigenvalue weighted by Crippen LogP contribution is -2.35. The van der Waals surface area contributed by atoms with Crippen LogP contribution in [-0.4, -0.2) is 32.5 Å². The van der Waals surface area contributed by atoms with E-state index >= 15 is 0 Å². The summed E-state index contributed by atoms with van der Waals surface area (Å²) in [6.45, 7) is 6.08. The van der Waals surface area contributed by atoms with Crippen molar-refractivity contribution in [3.63, 3.8) is 0 Å². The molecule has 1 fully saturated rings. The second-order valence-electron chi connectivity index (χ2n) is 7.16. The summed E-state index contributed by atoms with van der Waals surface area (Å²) in [4.78, 5) is 11.9. The van der Waals surface area contributed by atoms with Crippen LogP contribution in [0.25, 0.3) is 11.3 Å². The molecule has 0 radical (unpaired) electrons. The van der Waals surface area contributed by atoms with E-state index in [4.69, 9.17) is 4.98 Å². The Morgan fingerprint density at radius 3 is 2.81 bits per heavy atom. The predicted molar refractivity (Wildman–Crippen MR) is 105 cm³/mol. The fourth-order valence-electron chi connectivity index (χ4n) is 3.88. The van der Waals surface area contributed by atoms with Crippen LogP contribution in [-0.2, 0) is 13.1 Å². The average molecular weight is 364 g/mol. The number of likely N-dealkylation sites (tertiary alicyclic amines) is 1. The van der Waals surface area contributed by atoms with Crippen LogP contribution >= 0.6 is 0 Å². The molecule has 27 heavy (non-hydrogen) atoms. The minimum atomic E-state index is -0.219. The standard InChI is InChI=1S/C22H25FN4/c1-2-27-14-12-24-22(27)16-26-13-4-5-18(15-26)21-7-3-6-20(25-21)17-8-10-19(23)11-9-17/h3,6-12,14,18H,2,4-5,13,15-16H2,1H3. The fraction of sp³-hybridized carbons (Fsp3) is 0.364. The Morgan fingerprint density at radius 2 is 2.00 bits per heavy atom. The van der Waals surface area contributed by atoms with Crippen LogP contribution in [0.2, 0.25) is 0 Å². The van der Waals surface area contributed by atoms with Gasteiger partial charge in [-0.2, -0.15) is 0 Å². The summed E-state index contributed by atoms with van der Waals surface area (Å²) in [5.74, 6) is 1.33. The third kappa shape index (κ3) is 4.08. The lowest BCUT2D eigenvalue weighted by molar-refractivity contribution is 0.192. The molecule has 3 heterocycles. The smallest absolute Gasteiger partial charge is 0.123 e. The molecule has 2 aromatic heterocycles. The fourth-order valence-corrected chi connectivity index (χ4v) is 3.88. The molecule has 0 aliphatic carbocycles. The SMILES string of the molecule is CCn1ccnc1CN1CCCC(c2cccc(-c3ccc(F)cc3)n2)C1. The van der Waals surface area contributed by atoms with E-state index in [9.17, 15) is 4.39 Å². The molecule has 0 N–H and O–H groups in total. The topological polar surface area (TPSA) is 34.0 Å². The number of hydrogen-bond donors (Lipinski definition) is 0. The molecule has 1 saturated heterocycles. The molecule has 0 bridgehead atoms. The number of rotatable bonds is 5. The average Bonchev–Trinajstić information content (AvgIpc) is 3.16. The van der Waals surface area contributed by atoms with E-state index in [0.29, 0.717) is 5.92 Å². The number of imidazole rings is 1. The van der Waals surface area contributed by atoms with Crippen molar-refractivity contribution in [3.8, 4) is 11.3 Å². The van der Waals surface area contributed by atoms with Gasteiger partial charge >= 0.3 is 0 Å². The van der Waals surface area contributed by atoms with Crippen LogP contribution in [0.5, 0.6) is 0 Å². The summed E-state index contributed by atoms with van der Waals surface area (Å²) in [7, 11) is 0. The summed E-state index contributed by atoms with van der Waals surface area (Å²) in [5.41, 5.74) is 2.99. The molecule has 1 aliphatic heterocycles. The number of hydrogen-bond acceptors (Lipinski definition) is 3. The molecule has 1 unspecified atom stereocenters. The molecule has 3 aromatic rings. The Kier molecular flexibility index (Phi) is 5.30. The quantitative estimate of drug-likeness (QED) is 0.669. The van der Waals surface area contributed by atoms with Gasteiger partial charge in [0.1, 0.15) is 11.6 Å². The van der Waals surface area contributed by atoms with E-state index in [0.717, 1.165) is 55.4 Å². The summed E-state index contributed by atoms with van der Waals surface area (Å²) >= 11 is 0. The highest BCUT2D eigenvalue weighted by molar-refractivity contribution is 5.59. The minimum absolute atomic E-state index is 0.219. The van der Waals surface area contributed by atoms with Crippen LogP contribution in [0.15, 0.2) is 54.9 Å². The zero-order valence-electron chi connectivity index (χ0n) is 15.7. The van der Waals surface area contributed by atoms with Crippen molar-refractivity contribution in [1.29, 1.82) is 0 Å². The van der Waals surface area contributed by atoms with Crippen molar-refractivity contribution in [3.05, 3.63) is 72.2 Å². The zero-order valence-corrected chi connectivity index (χ0v) is 15.7. The van der Waals surface area contributed by atoms with Gasteiger partial charge in [0.05, 0.1) is 12.2 Å². The van der Waals surface area contributed by atoms with Crippen molar-refractivity contribution in [1.82, 2.24) is 19.4 Å². The van der Waals surface area contributed by atoms with E-state index < -0.39 is 0 Å². The third-order valence-electron chi connectivity index (χ3n) is 5.34. The molecular formula is C22H25FN4. The number of benzene rings is 1. The van der Waals surface area contributed by atoms with Crippen molar-refractivity contribution < 1.29 is 4.39 Å². The Balaban J connectivity index is 1.49. The third-order valence-corrected chi connectivity index (χ3v) is 5.34. The van der Waals surface area contributed by atoms with Gasteiger partial charge in [-0.1, -0.05) is 6.07 Å². The van der Waals surface area contributed by atoms with E-state index in [2.05, 4.69) is 33.5 Å². The van der Waals surface area contributed by atoms with E-state index in [1.165, 1.54) is 18.6 Å².